The minimum absolute atomic E-state index is 0.114. The zero-order valence-corrected chi connectivity index (χ0v) is 10.6. The van der Waals surface area contributed by atoms with Crippen LogP contribution < -0.4 is 10.9 Å². The number of rotatable bonds is 6. The van der Waals surface area contributed by atoms with Crippen molar-refractivity contribution in [3.05, 3.63) is 28.2 Å². The molecule has 108 valence electrons. The monoisotopic (exact) mass is 283 g/mol. The molecule has 1 amide bonds. The first-order chi connectivity index (χ1) is 9.43. The molecule has 0 saturated heterocycles. The Bertz CT molecular complexity index is 547. The van der Waals surface area contributed by atoms with Gasteiger partial charge in [-0.3, -0.25) is 14.4 Å². The SMILES string of the molecule is COC(=O)CCC(NC(=O)c1ccc(=O)[nH]n1)C(=O)O. The topological polar surface area (TPSA) is 138 Å². The van der Waals surface area contributed by atoms with Gasteiger partial charge in [-0.2, -0.15) is 5.10 Å². The average molecular weight is 283 g/mol. The van der Waals surface area contributed by atoms with Crippen molar-refractivity contribution in [3.63, 3.8) is 0 Å². The standard InChI is InChI=1S/C11H13N3O6/c1-20-9(16)5-3-7(11(18)19)12-10(17)6-2-4-8(15)14-13-6/h2,4,7H,3,5H2,1H3,(H,12,17)(H,14,15)(H,18,19). The predicted octanol–water partition coefficient (Wildman–Crippen LogP) is -1.09. The number of carbonyl (C=O) groups excluding carboxylic acids is 2. The fourth-order valence-electron chi connectivity index (χ4n) is 1.32. The maximum atomic E-state index is 11.7. The lowest BCUT2D eigenvalue weighted by atomic mass is 10.1. The van der Waals surface area contributed by atoms with Crippen LogP contribution in [-0.2, 0) is 14.3 Å². The zero-order chi connectivity index (χ0) is 15.1. The molecule has 0 fully saturated rings. The summed E-state index contributed by atoms with van der Waals surface area (Å²) in [7, 11) is 1.18. The van der Waals surface area contributed by atoms with Crippen molar-refractivity contribution in [1.82, 2.24) is 15.5 Å². The van der Waals surface area contributed by atoms with E-state index in [1.807, 2.05) is 0 Å². The van der Waals surface area contributed by atoms with Crippen LogP contribution in [0, 0.1) is 0 Å². The van der Waals surface area contributed by atoms with Crippen LogP contribution in [0.2, 0.25) is 0 Å². The minimum Gasteiger partial charge on any atom is -0.480 e. The predicted molar refractivity (Wildman–Crippen MR) is 65.0 cm³/mol. The molecule has 0 radical (unpaired) electrons. The van der Waals surface area contributed by atoms with E-state index in [1.54, 1.807) is 0 Å². The molecule has 0 spiro atoms. The van der Waals surface area contributed by atoms with E-state index in [2.05, 4.69) is 20.3 Å². The van der Waals surface area contributed by atoms with Gasteiger partial charge >= 0.3 is 11.9 Å². The molecule has 20 heavy (non-hydrogen) atoms. The first-order valence-corrected chi connectivity index (χ1v) is 5.60. The average Bonchev–Trinajstić information content (AvgIpc) is 2.43. The van der Waals surface area contributed by atoms with Gasteiger partial charge in [-0.25, -0.2) is 9.89 Å². The molecular weight excluding hydrogens is 270 g/mol. The number of carboxylic acids is 1. The lowest BCUT2D eigenvalue weighted by Gasteiger charge is -2.13. The normalized spacial score (nSPS) is 11.4. The number of carbonyl (C=O) groups is 3. The van der Waals surface area contributed by atoms with Crippen molar-refractivity contribution in [2.75, 3.05) is 7.11 Å². The van der Waals surface area contributed by atoms with Crippen molar-refractivity contribution in [1.29, 1.82) is 0 Å². The van der Waals surface area contributed by atoms with Crippen molar-refractivity contribution >= 4 is 17.8 Å². The zero-order valence-electron chi connectivity index (χ0n) is 10.6. The molecule has 0 saturated carbocycles. The highest BCUT2D eigenvalue weighted by molar-refractivity contribution is 5.94. The van der Waals surface area contributed by atoms with Gasteiger partial charge in [0.25, 0.3) is 11.5 Å². The fourth-order valence-corrected chi connectivity index (χ4v) is 1.32. The number of aliphatic carboxylic acids is 1. The molecule has 1 heterocycles. The van der Waals surface area contributed by atoms with Gasteiger partial charge in [0.2, 0.25) is 0 Å². The van der Waals surface area contributed by atoms with Crippen LogP contribution in [0.5, 0.6) is 0 Å². The maximum Gasteiger partial charge on any atom is 0.326 e. The van der Waals surface area contributed by atoms with E-state index in [4.69, 9.17) is 5.11 Å². The molecule has 0 bridgehead atoms. The summed E-state index contributed by atoms with van der Waals surface area (Å²) in [6.07, 6.45) is -0.260. The van der Waals surface area contributed by atoms with Crippen LogP contribution in [0.15, 0.2) is 16.9 Å². The number of esters is 1. The molecule has 1 aromatic rings. The molecule has 1 unspecified atom stereocenters. The molecule has 0 aliphatic heterocycles. The highest BCUT2D eigenvalue weighted by Gasteiger charge is 2.22. The third-order valence-corrected chi connectivity index (χ3v) is 2.38. The van der Waals surface area contributed by atoms with E-state index in [0.29, 0.717) is 0 Å². The van der Waals surface area contributed by atoms with Crippen molar-refractivity contribution in [2.24, 2.45) is 0 Å². The summed E-state index contributed by atoms with van der Waals surface area (Å²) in [5, 5.41) is 16.7. The molecule has 0 aliphatic carbocycles. The summed E-state index contributed by atoms with van der Waals surface area (Å²) < 4.78 is 4.39. The third-order valence-electron chi connectivity index (χ3n) is 2.38. The lowest BCUT2D eigenvalue weighted by Crippen LogP contribution is -2.41. The Kier molecular flexibility index (Phi) is 5.39. The Hall–Kier alpha value is -2.71. The molecule has 9 heteroatoms. The number of nitrogens with zero attached hydrogens (tertiary/aromatic N) is 1. The van der Waals surface area contributed by atoms with Gasteiger partial charge < -0.3 is 15.2 Å². The molecule has 3 N–H and O–H groups in total. The van der Waals surface area contributed by atoms with E-state index in [1.165, 1.54) is 7.11 Å². The van der Waals surface area contributed by atoms with Gasteiger partial charge in [0.15, 0.2) is 0 Å². The number of nitrogens with one attached hydrogen (secondary N) is 2. The number of ether oxygens (including phenoxy) is 1. The highest BCUT2D eigenvalue weighted by atomic mass is 16.5. The van der Waals surface area contributed by atoms with Gasteiger partial charge in [0, 0.05) is 12.5 Å². The van der Waals surface area contributed by atoms with E-state index in [9.17, 15) is 19.2 Å². The van der Waals surface area contributed by atoms with Crippen LogP contribution in [0.1, 0.15) is 23.3 Å². The molecule has 1 rings (SSSR count). The van der Waals surface area contributed by atoms with Gasteiger partial charge in [-0.15, -0.1) is 0 Å². The lowest BCUT2D eigenvalue weighted by molar-refractivity contribution is -0.142. The molecule has 9 nitrogen and oxygen atoms in total. The van der Waals surface area contributed by atoms with Crippen LogP contribution in [-0.4, -0.2) is 46.3 Å². The van der Waals surface area contributed by atoms with E-state index >= 15 is 0 Å². The maximum absolute atomic E-state index is 11.7. The summed E-state index contributed by atoms with van der Waals surface area (Å²) in [4.78, 5) is 44.4. The first kappa shape index (κ1) is 15.3. The number of methoxy groups -OCH3 is 1. The second-order valence-electron chi connectivity index (χ2n) is 3.79. The van der Waals surface area contributed by atoms with Crippen LogP contribution >= 0.6 is 0 Å². The van der Waals surface area contributed by atoms with E-state index < -0.39 is 29.4 Å². The Morgan fingerprint density at radius 1 is 1.45 bits per heavy atom. The third kappa shape index (κ3) is 4.52. The number of amides is 1. The van der Waals surface area contributed by atoms with Crippen molar-refractivity contribution < 1.29 is 24.2 Å². The molecule has 0 aromatic carbocycles. The second-order valence-corrected chi connectivity index (χ2v) is 3.79. The molecule has 1 aromatic heterocycles. The number of aromatic nitrogens is 2. The fraction of sp³-hybridized carbons (Fsp3) is 0.364. The summed E-state index contributed by atoms with van der Waals surface area (Å²) >= 11 is 0. The van der Waals surface area contributed by atoms with E-state index in [0.717, 1.165) is 12.1 Å². The first-order valence-electron chi connectivity index (χ1n) is 5.60. The van der Waals surface area contributed by atoms with Gasteiger partial charge in [-0.1, -0.05) is 0 Å². The summed E-state index contributed by atoms with van der Waals surface area (Å²) in [6.45, 7) is 0. The molecular formula is C11H13N3O6. The Morgan fingerprint density at radius 3 is 2.65 bits per heavy atom. The number of carboxylic acid groups (broad SMARTS) is 1. The quantitative estimate of drug-likeness (QED) is 0.563. The van der Waals surface area contributed by atoms with Crippen LogP contribution in [0.25, 0.3) is 0 Å². The van der Waals surface area contributed by atoms with Crippen molar-refractivity contribution in [3.8, 4) is 0 Å². The summed E-state index contributed by atoms with van der Waals surface area (Å²) in [5.74, 6) is -2.63. The van der Waals surface area contributed by atoms with Gasteiger partial charge in [0.1, 0.15) is 11.7 Å². The summed E-state index contributed by atoms with van der Waals surface area (Å²) in [6, 6.07) is 0.995. The van der Waals surface area contributed by atoms with Crippen LogP contribution in [0.3, 0.4) is 0 Å². The number of aromatic amines is 1. The molecule has 0 aliphatic rings. The highest BCUT2D eigenvalue weighted by Crippen LogP contribution is 2.01. The molecule has 1 atom stereocenters. The smallest absolute Gasteiger partial charge is 0.326 e. The van der Waals surface area contributed by atoms with Gasteiger partial charge in [-0.05, 0) is 12.5 Å². The van der Waals surface area contributed by atoms with Crippen molar-refractivity contribution in [2.45, 2.75) is 18.9 Å². The number of H-pyrrole nitrogens is 1. The number of hydrogen-bond donors (Lipinski definition) is 3. The van der Waals surface area contributed by atoms with Crippen LogP contribution in [0.4, 0.5) is 0 Å². The Labute approximate surface area is 112 Å². The largest absolute Gasteiger partial charge is 0.480 e. The summed E-state index contributed by atoms with van der Waals surface area (Å²) in [5.41, 5.74) is -0.615. The second kappa shape index (κ2) is 7.02. The van der Waals surface area contributed by atoms with E-state index in [-0.39, 0.29) is 18.5 Å². The Balaban J connectivity index is 2.67. The minimum atomic E-state index is -1.29. The van der Waals surface area contributed by atoms with Gasteiger partial charge in [0.05, 0.1) is 7.11 Å². The Morgan fingerprint density at radius 2 is 2.15 bits per heavy atom. The number of hydrogen-bond acceptors (Lipinski definition) is 6.